The lowest BCUT2D eigenvalue weighted by molar-refractivity contribution is -0.119. The maximum absolute atomic E-state index is 13.7. The molecule has 1 aromatic carbocycles. The number of thioether (sulfide) groups is 1. The highest BCUT2D eigenvalue weighted by molar-refractivity contribution is 7.99. The molecule has 1 aliphatic rings. The molecule has 0 aliphatic carbocycles. The van der Waals surface area contributed by atoms with Gasteiger partial charge in [0.15, 0.2) is 5.82 Å². The van der Waals surface area contributed by atoms with Crippen molar-refractivity contribution in [3.05, 3.63) is 41.5 Å². The minimum Gasteiger partial charge on any atom is -0.376 e. The topological polar surface area (TPSA) is 95.1 Å². The lowest BCUT2D eigenvalue weighted by Gasteiger charge is -2.10. The van der Waals surface area contributed by atoms with E-state index in [1.165, 1.54) is 22.5 Å². The molecule has 1 amide bonds. The molecule has 1 aliphatic heterocycles. The maximum atomic E-state index is 13.7. The summed E-state index contributed by atoms with van der Waals surface area (Å²) in [5, 5.41) is 11.2. The summed E-state index contributed by atoms with van der Waals surface area (Å²) in [6, 6.07) is 6.45. The molecular weight excluding hydrogens is 345 g/mol. The number of aromatic nitrogens is 3. The van der Waals surface area contributed by atoms with Gasteiger partial charge in [0.1, 0.15) is 5.82 Å². The van der Waals surface area contributed by atoms with Crippen LogP contribution in [0.25, 0.3) is 0 Å². The number of carbonyl (C=O) groups is 1. The van der Waals surface area contributed by atoms with Crippen LogP contribution in [0.1, 0.15) is 24.2 Å². The van der Waals surface area contributed by atoms with Gasteiger partial charge in [-0.2, -0.15) is 0 Å². The number of nitrogens with one attached hydrogen (secondary N) is 1. The van der Waals surface area contributed by atoms with Gasteiger partial charge in [-0.3, -0.25) is 4.79 Å². The van der Waals surface area contributed by atoms with Crippen LogP contribution in [0.4, 0.5) is 4.39 Å². The van der Waals surface area contributed by atoms with Crippen LogP contribution in [0.3, 0.4) is 0 Å². The average Bonchev–Trinajstić information content (AvgIpc) is 3.24. The van der Waals surface area contributed by atoms with Gasteiger partial charge in [-0.25, -0.2) is 9.07 Å². The molecule has 0 saturated carbocycles. The molecule has 0 bridgehead atoms. The second kappa shape index (κ2) is 8.30. The highest BCUT2D eigenvalue weighted by atomic mass is 32.2. The van der Waals surface area contributed by atoms with Crippen LogP contribution < -0.4 is 11.2 Å². The van der Waals surface area contributed by atoms with E-state index in [0.717, 1.165) is 19.4 Å². The van der Waals surface area contributed by atoms with Gasteiger partial charge in [-0.05, 0) is 24.5 Å². The van der Waals surface area contributed by atoms with Gasteiger partial charge in [0.2, 0.25) is 11.1 Å². The highest BCUT2D eigenvalue weighted by Gasteiger charge is 2.17. The molecule has 3 rings (SSSR count). The Bertz CT molecular complexity index is 733. The summed E-state index contributed by atoms with van der Waals surface area (Å²) in [5.74, 6) is 6.15. The van der Waals surface area contributed by atoms with E-state index in [4.69, 9.17) is 10.6 Å². The van der Waals surface area contributed by atoms with Gasteiger partial charge >= 0.3 is 0 Å². The van der Waals surface area contributed by atoms with Gasteiger partial charge < -0.3 is 15.9 Å². The molecule has 2 aromatic rings. The largest absolute Gasteiger partial charge is 0.376 e. The Hall–Kier alpha value is -2.13. The van der Waals surface area contributed by atoms with Crippen molar-refractivity contribution >= 4 is 17.7 Å². The number of nitrogen functional groups attached to an aromatic ring is 1. The van der Waals surface area contributed by atoms with Crippen LogP contribution in [-0.2, 0) is 16.0 Å². The molecule has 134 valence electrons. The van der Waals surface area contributed by atoms with E-state index in [1.54, 1.807) is 18.2 Å². The normalized spacial score (nSPS) is 16.9. The van der Waals surface area contributed by atoms with Gasteiger partial charge in [-0.1, -0.05) is 30.0 Å². The number of nitrogens with zero attached hydrogens (tertiary/aromatic N) is 3. The van der Waals surface area contributed by atoms with E-state index in [1.807, 2.05) is 0 Å². The maximum Gasteiger partial charge on any atom is 0.230 e. The second-order valence-electron chi connectivity index (χ2n) is 5.76. The molecule has 1 saturated heterocycles. The van der Waals surface area contributed by atoms with E-state index < -0.39 is 0 Å². The number of carbonyl (C=O) groups excluding carboxylic acids is 1. The van der Waals surface area contributed by atoms with E-state index >= 15 is 0 Å². The number of amides is 1. The van der Waals surface area contributed by atoms with Crippen LogP contribution in [0, 0.1) is 5.82 Å². The smallest absolute Gasteiger partial charge is 0.230 e. The molecule has 9 heteroatoms. The van der Waals surface area contributed by atoms with Gasteiger partial charge in [0.25, 0.3) is 0 Å². The quantitative estimate of drug-likeness (QED) is 0.564. The summed E-state index contributed by atoms with van der Waals surface area (Å²) in [6.07, 6.45) is 2.36. The molecule has 0 spiro atoms. The summed E-state index contributed by atoms with van der Waals surface area (Å²) in [7, 11) is 0. The lowest BCUT2D eigenvalue weighted by atomic mass is 10.1. The predicted octanol–water partition coefficient (Wildman–Crippen LogP) is 1.11. The number of rotatable bonds is 7. The standard InChI is InChI=1S/C16H20FN5O2S/c17-13-6-2-1-4-11(13)8-14-20-21-16(22(14)18)25-10-15(23)19-9-12-5-3-7-24-12/h1-2,4,6,12H,3,5,7-10,18H2,(H,19,23)/t12-/m0/s1. The zero-order chi connectivity index (χ0) is 17.6. The molecule has 0 radical (unpaired) electrons. The first-order chi connectivity index (χ1) is 12.1. The first kappa shape index (κ1) is 17.7. The summed E-state index contributed by atoms with van der Waals surface area (Å²) in [5.41, 5.74) is 0.493. The third-order valence-corrected chi connectivity index (χ3v) is 4.87. The van der Waals surface area contributed by atoms with E-state index in [9.17, 15) is 9.18 Å². The Morgan fingerprint density at radius 3 is 3.04 bits per heavy atom. The molecule has 1 aromatic heterocycles. The zero-order valence-electron chi connectivity index (χ0n) is 13.7. The van der Waals surface area contributed by atoms with Gasteiger partial charge in [0, 0.05) is 19.6 Å². The van der Waals surface area contributed by atoms with Crippen molar-refractivity contribution in [1.29, 1.82) is 0 Å². The molecule has 1 fully saturated rings. The third-order valence-electron chi connectivity index (χ3n) is 3.92. The van der Waals surface area contributed by atoms with E-state index in [-0.39, 0.29) is 30.0 Å². The minimum absolute atomic E-state index is 0.111. The predicted molar refractivity (Wildman–Crippen MR) is 92.1 cm³/mol. The first-order valence-electron chi connectivity index (χ1n) is 8.07. The fourth-order valence-corrected chi connectivity index (χ4v) is 3.26. The second-order valence-corrected chi connectivity index (χ2v) is 6.71. The molecule has 1 atom stereocenters. The van der Waals surface area contributed by atoms with Crippen LogP contribution in [0.5, 0.6) is 0 Å². The van der Waals surface area contributed by atoms with Crippen LogP contribution in [-0.4, -0.2) is 45.8 Å². The number of ether oxygens (including phenoxy) is 1. The summed E-state index contributed by atoms with van der Waals surface area (Å²) in [4.78, 5) is 11.9. The molecule has 0 unspecified atom stereocenters. The Kier molecular flexibility index (Phi) is 5.87. The molecule has 2 heterocycles. The van der Waals surface area contributed by atoms with Crippen molar-refractivity contribution in [2.75, 3.05) is 24.7 Å². The molecule has 7 nitrogen and oxygen atoms in total. The Balaban J connectivity index is 1.51. The van der Waals surface area contributed by atoms with Crippen molar-refractivity contribution < 1.29 is 13.9 Å². The highest BCUT2D eigenvalue weighted by Crippen LogP contribution is 2.17. The Morgan fingerprint density at radius 2 is 2.28 bits per heavy atom. The number of halogens is 1. The monoisotopic (exact) mass is 365 g/mol. The fourth-order valence-electron chi connectivity index (χ4n) is 2.55. The van der Waals surface area contributed by atoms with Crippen molar-refractivity contribution in [1.82, 2.24) is 20.2 Å². The minimum atomic E-state index is -0.312. The van der Waals surface area contributed by atoms with Crippen LogP contribution in [0.15, 0.2) is 29.4 Å². The van der Waals surface area contributed by atoms with E-state index in [2.05, 4.69) is 15.5 Å². The molecular formula is C16H20FN5O2S. The number of nitrogens with two attached hydrogens (primary N) is 1. The first-order valence-corrected chi connectivity index (χ1v) is 9.06. The number of hydrogen-bond acceptors (Lipinski definition) is 6. The Labute approximate surface area is 149 Å². The summed E-state index contributed by atoms with van der Waals surface area (Å²) >= 11 is 1.19. The summed E-state index contributed by atoms with van der Waals surface area (Å²) in [6.45, 7) is 1.28. The zero-order valence-corrected chi connectivity index (χ0v) is 14.5. The van der Waals surface area contributed by atoms with Crippen molar-refractivity contribution in [2.24, 2.45) is 0 Å². The lowest BCUT2D eigenvalue weighted by Crippen LogP contribution is -2.33. The van der Waals surface area contributed by atoms with Crippen LogP contribution in [0.2, 0.25) is 0 Å². The number of hydrogen-bond donors (Lipinski definition) is 2. The van der Waals surface area contributed by atoms with Crippen molar-refractivity contribution in [3.63, 3.8) is 0 Å². The Morgan fingerprint density at radius 1 is 1.44 bits per heavy atom. The van der Waals surface area contributed by atoms with Gasteiger partial charge in [-0.15, -0.1) is 10.2 Å². The van der Waals surface area contributed by atoms with Crippen molar-refractivity contribution in [3.8, 4) is 0 Å². The van der Waals surface area contributed by atoms with Crippen LogP contribution >= 0.6 is 11.8 Å². The van der Waals surface area contributed by atoms with E-state index in [0.29, 0.717) is 23.1 Å². The van der Waals surface area contributed by atoms with Crippen molar-refractivity contribution in [2.45, 2.75) is 30.5 Å². The van der Waals surface area contributed by atoms with Gasteiger partial charge in [0.05, 0.1) is 11.9 Å². The average molecular weight is 365 g/mol. The SMILES string of the molecule is Nn1c(Cc2ccccc2F)nnc1SCC(=O)NC[C@@H]1CCCO1. The third kappa shape index (κ3) is 4.70. The molecule has 25 heavy (non-hydrogen) atoms. The molecule has 3 N–H and O–H groups in total. The fraction of sp³-hybridized carbons (Fsp3) is 0.438. The number of benzene rings is 1. The summed E-state index contributed by atoms with van der Waals surface area (Å²) < 4.78 is 20.5.